The van der Waals surface area contributed by atoms with Crippen molar-refractivity contribution in [2.24, 2.45) is 5.73 Å². The number of hydrogen-bond acceptors (Lipinski definition) is 2. The lowest BCUT2D eigenvalue weighted by atomic mass is 10.0. The van der Waals surface area contributed by atoms with Gasteiger partial charge in [-0.2, -0.15) is 0 Å². The highest BCUT2D eigenvalue weighted by atomic mass is 79.9. The molecule has 2 N–H and O–H groups in total. The predicted octanol–water partition coefficient (Wildman–Crippen LogP) is 1.98. The lowest BCUT2D eigenvalue weighted by Gasteiger charge is -2.22. The summed E-state index contributed by atoms with van der Waals surface area (Å²) in [5, 5.41) is 0. The Hall–Kier alpha value is -0.380. The van der Waals surface area contributed by atoms with E-state index in [1.807, 2.05) is 6.07 Å². The van der Waals surface area contributed by atoms with Crippen molar-refractivity contribution in [2.45, 2.75) is 12.6 Å². The largest absolute Gasteiger partial charge is 0.375 e. The summed E-state index contributed by atoms with van der Waals surface area (Å²) in [7, 11) is 0. The molecule has 0 saturated heterocycles. The number of halogens is 1. The highest BCUT2D eigenvalue weighted by Gasteiger charge is 2.16. The molecule has 0 aliphatic carbocycles. The third-order valence-corrected chi connectivity index (χ3v) is 2.55. The molecule has 2 rings (SSSR count). The van der Waals surface area contributed by atoms with Gasteiger partial charge in [-0.15, -0.1) is 0 Å². The maximum absolute atomic E-state index is 5.86. The summed E-state index contributed by atoms with van der Waals surface area (Å²) in [5.41, 5.74) is 8.27. The van der Waals surface area contributed by atoms with Gasteiger partial charge in [-0.3, -0.25) is 0 Å². The van der Waals surface area contributed by atoms with Crippen LogP contribution in [0.4, 0.5) is 0 Å². The van der Waals surface area contributed by atoms with Crippen LogP contribution in [-0.4, -0.2) is 6.61 Å². The lowest BCUT2D eigenvalue weighted by Crippen LogP contribution is -2.23. The summed E-state index contributed by atoms with van der Waals surface area (Å²) in [4.78, 5) is 0. The van der Waals surface area contributed by atoms with E-state index < -0.39 is 0 Å². The van der Waals surface area contributed by atoms with E-state index in [4.69, 9.17) is 10.5 Å². The van der Waals surface area contributed by atoms with Gasteiger partial charge >= 0.3 is 0 Å². The summed E-state index contributed by atoms with van der Waals surface area (Å²) in [6, 6.07) is 6.19. The molecule has 1 aromatic rings. The standard InChI is InChI=1S/C9H10BrNO/c10-7-1-2-8-6(3-7)4-12-5-9(8)11/h1-3,9H,4-5,11H2. The molecule has 3 heteroatoms. The summed E-state index contributed by atoms with van der Waals surface area (Å²) in [6.45, 7) is 1.32. The van der Waals surface area contributed by atoms with E-state index in [-0.39, 0.29) is 6.04 Å². The minimum Gasteiger partial charge on any atom is -0.375 e. The molecular weight excluding hydrogens is 218 g/mol. The average Bonchev–Trinajstić information content (AvgIpc) is 2.04. The number of benzene rings is 1. The molecule has 1 aromatic carbocycles. The van der Waals surface area contributed by atoms with Gasteiger partial charge in [0.25, 0.3) is 0 Å². The minimum atomic E-state index is 0.0434. The van der Waals surface area contributed by atoms with E-state index >= 15 is 0 Å². The SMILES string of the molecule is NC1COCc2cc(Br)ccc21. The Labute approximate surface area is 79.8 Å². The highest BCUT2D eigenvalue weighted by Crippen LogP contribution is 2.25. The molecule has 2 nitrogen and oxygen atoms in total. The number of nitrogens with two attached hydrogens (primary N) is 1. The fourth-order valence-corrected chi connectivity index (χ4v) is 1.86. The Morgan fingerprint density at radius 3 is 3.17 bits per heavy atom. The molecule has 0 bridgehead atoms. The molecule has 1 atom stereocenters. The first-order valence-corrected chi connectivity index (χ1v) is 4.68. The van der Waals surface area contributed by atoms with E-state index in [2.05, 4.69) is 28.1 Å². The summed E-state index contributed by atoms with van der Waals surface area (Å²) in [5.74, 6) is 0. The molecule has 64 valence electrons. The van der Waals surface area contributed by atoms with E-state index in [0.29, 0.717) is 13.2 Å². The first kappa shape index (κ1) is 8.23. The number of fused-ring (bicyclic) bond motifs is 1. The fraction of sp³-hybridized carbons (Fsp3) is 0.333. The summed E-state index contributed by atoms with van der Waals surface area (Å²) < 4.78 is 6.40. The second kappa shape index (κ2) is 3.17. The predicted molar refractivity (Wildman–Crippen MR) is 50.7 cm³/mol. The van der Waals surface area contributed by atoms with E-state index in [0.717, 1.165) is 4.47 Å². The van der Waals surface area contributed by atoms with Crippen LogP contribution >= 0.6 is 15.9 Å². The maximum atomic E-state index is 5.86. The Morgan fingerprint density at radius 1 is 1.50 bits per heavy atom. The van der Waals surface area contributed by atoms with Crippen LogP contribution in [0.15, 0.2) is 22.7 Å². The number of hydrogen-bond donors (Lipinski definition) is 1. The van der Waals surface area contributed by atoms with Crippen LogP contribution in [0.2, 0.25) is 0 Å². The minimum absolute atomic E-state index is 0.0434. The quantitative estimate of drug-likeness (QED) is 0.736. The van der Waals surface area contributed by atoms with E-state index in [1.165, 1.54) is 11.1 Å². The molecule has 0 aromatic heterocycles. The molecule has 0 fully saturated rings. The van der Waals surface area contributed by atoms with Crippen molar-refractivity contribution in [3.8, 4) is 0 Å². The second-order valence-electron chi connectivity index (χ2n) is 2.96. The zero-order chi connectivity index (χ0) is 8.55. The van der Waals surface area contributed by atoms with Crippen LogP contribution in [0.25, 0.3) is 0 Å². The van der Waals surface area contributed by atoms with E-state index in [1.54, 1.807) is 0 Å². The zero-order valence-corrected chi connectivity index (χ0v) is 8.17. The molecule has 0 saturated carbocycles. The summed E-state index contributed by atoms with van der Waals surface area (Å²) >= 11 is 3.41. The Kier molecular flexibility index (Phi) is 2.17. The van der Waals surface area contributed by atoms with Gasteiger partial charge in [0.2, 0.25) is 0 Å². The average molecular weight is 228 g/mol. The third kappa shape index (κ3) is 1.40. The first-order chi connectivity index (χ1) is 5.77. The van der Waals surface area contributed by atoms with Crippen LogP contribution in [-0.2, 0) is 11.3 Å². The van der Waals surface area contributed by atoms with Crippen LogP contribution in [0.3, 0.4) is 0 Å². The van der Waals surface area contributed by atoms with Gasteiger partial charge in [-0.1, -0.05) is 22.0 Å². The molecule has 1 heterocycles. The van der Waals surface area contributed by atoms with Crippen molar-refractivity contribution in [3.05, 3.63) is 33.8 Å². The van der Waals surface area contributed by atoms with Gasteiger partial charge in [0.1, 0.15) is 0 Å². The van der Waals surface area contributed by atoms with Crippen LogP contribution in [0.1, 0.15) is 17.2 Å². The monoisotopic (exact) mass is 227 g/mol. The van der Waals surface area contributed by atoms with Gasteiger partial charge in [-0.05, 0) is 23.3 Å². The van der Waals surface area contributed by atoms with Crippen molar-refractivity contribution in [1.82, 2.24) is 0 Å². The van der Waals surface area contributed by atoms with Crippen LogP contribution in [0.5, 0.6) is 0 Å². The second-order valence-corrected chi connectivity index (χ2v) is 3.88. The van der Waals surface area contributed by atoms with E-state index in [9.17, 15) is 0 Å². The van der Waals surface area contributed by atoms with Crippen molar-refractivity contribution in [2.75, 3.05) is 6.61 Å². The third-order valence-electron chi connectivity index (χ3n) is 2.06. The Balaban J connectivity index is 2.46. The van der Waals surface area contributed by atoms with Gasteiger partial charge < -0.3 is 10.5 Å². The molecule has 0 spiro atoms. The zero-order valence-electron chi connectivity index (χ0n) is 6.59. The van der Waals surface area contributed by atoms with Gasteiger partial charge in [0, 0.05) is 4.47 Å². The van der Waals surface area contributed by atoms with Crippen LogP contribution < -0.4 is 5.73 Å². The molecule has 1 aliphatic heterocycles. The van der Waals surface area contributed by atoms with Crippen molar-refractivity contribution < 1.29 is 4.74 Å². The fourth-order valence-electron chi connectivity index (χ4n) is 1.45. The molecule has 12 heavy (non-hydrogen) atoms. The smallest absolute Gasteiger partial charge is 0.0721 e. The number of ether oxygens (including phenoxy) is 1. The van der Waals surface area contributed by atoms with Gasteiger partial charge in [-0.25, -0.2) is 0 Å². The van der Waals surface area contributed by atoms with Gasteiger partial charge in [0.05, 0.1) is 19.3 Å². The molecule has 1 unspecified atom stereocenters. The van der Waals surface area contributed by atoms with Gasteiger partial charge in [0.15, 0.2) is 0 Å². The Bertz CT molecular complexity index is 301. The number of rotatable bonds is 0. The first-order valence-electron chi connectivity index (χ1n) is 3.89. The van der Waals surface area contributed by atoms with Crippen molar-refractivity contribution >= 4 is 15.9 Å². The molecular formula is C9H10BrNO. The summed E-state index contributed by atoms with van der Waals surface area (Å²) in [6.07, 6.45) is 0. The lowest BCUT2D eigenvalue weighted by molar-refractivity contribution is 0.0923. The highest BCUT2D eigenvalue weighted by molar-refractivity contribution is 9.10. The topological polar surface area (TPSA) is 35.2 Å². The van der Waals surface area contributed by atoms with Crippen molar-refractivity contribution in [1.29, 1.82) is 0 Å². The normalized spacial score (nSPS) is 22.0. The van der Waals surface area contributed by atoms with Crippen molar-refractivity contribution in [3.63, 3.8) is 0 Å². The Morgan fingerprint density at radius 2 is 2.33 bits per heavy atom. The molecule has 0 amide bonds. The maximum Gasteiger partial charge on any atom is 0.0721 e. The molecule has 0 radical (unpaired) electrons. The van der Waals surface area contributed by atoms with Crippen LogP contribution in [0, 0.1) is 0 Å². The molecule has 1 aliphatic rings.